The zero-order chi connectivity index (χ0) is 18.1. The number of rotatable bonds is 7. The molecule has 1 unspecified atom stereocenters. The quantitative estimate of drug-likeness (QED) is 0.747. The molecule has 1 saturated carbocycles. The maximum absolute atomic E-state index is 13.1. The summed E-state index contributed by atoms with van der Waals surface area (Å²) in [6, 6.07) is 7.92. The van der Waals surface area contributed by atoms with Gasteiger partial charge in [-0.3, -0.25) is 0 Å². The van der Waals surface area contributed by atoms with E-state index in [1.165, 1.54) is 12.8 Å². The molecule has 1 aromatic carbocycles. The molecule has 0 N–H and O–H groups in total. The largest absolute Gasteiger partial charge is 0.314 e. The van der Waals surface area contributed by atoms with Crippen molar-refractivity contribution in [2.45, 2.75) is 68.8 Å². The Morgan fingerprint density at radius 1 is 1.15 bits per heavy atom. The molecule has 6 nitrogen and oxygen atoms in total. The lowest BCUT2D eigenvalue weighted by molar-refractivity contribution is 0.367. The normalized spacial score (nSPS) is 21.3. The van der Waals surface area contributed by atoms with Crippen molar-refractivity contribution in [3.05, 3.63) is 42.0 Å². The second kappa shape index (κ2) is 7.12. The van der Waals surface area contributed by atoms with Crippen LogP contribution in [0.4, 0.5) is 0 Å². The summed E-state index contributed by atoms with van der Waals surface area (Å²) in [5, 5.41) is 8.29. The van der Waals surface area contributed by atoms with Gasteiger partial charge in [0.15, 0.2) is 0 Å². The van der Waals surface area contributed by atoms with E-state index in [-0.39, 0.29) is 6.04 Å². The Kier molecular flexibility index (Phi) is 4.84. The summed E-state index contributed by atoms with van der Waals surface area (Å²) in [5.41, 5.74) is 1.15. The standard InChI is InChI=1S/C19H26N4O2S/c1-2-15-5-10-18(11-6-15)26(24,25)23-13-3-4-17(23)9-12-19-21-20-14-22(19)16-7-8-16/h5-6,10-11,14,16-17H,2-4,7-9,12-13H2,1H3. The average Bonchev–Trinajstić information content (AvgIpc) is 3.19. The van der Waals surface area contributed by atoms with Gasteiger partial charge < -0.3 is 4.57 Å². The molecule has 7 heteroatoms. The third kappa shape index (κ3) is 3.42. The van der Waals surface area contributed by atoms with Gasteiger partial charge in [-0.05, 0) is 56.2 Å². The fraction of sp³-hybridized carbons (Fsp3) is 0.579. The summed E-state index contributed by atoms with van der Waals surface area (Å²) in [5.74, 6) is 0.990. The molecular formula is C19H26N4O2S. The van der Waals surface area contributed by atoms with Gasteiger partial charge in [-0.25, -0.2) is 8.42 Å². The van der Waals surface area contributed by atoms with Gasteiger partial charge in [0.05, 0.1) is 4.90 Å². The predicted octanol–water partition coefficient (Wildman–Crippen LogP) is 2.96. The van der Waals surface area contributed by atoms with E-state index < -0.39 is 10.0 Å². The first-order valence-electron chi connectivity index (χ1n) is 9.58. The highest BCUT2D eigenvalue weighted by molar-refractivity contribution is 7.89. The first kappa shape index (κ1) is 17.7. The SMILES string of the molecule is CCc1ccc(S(=O)(=O)N2CCCC2CCc2nncn2C2CC2)cc1. The van der Waals surface area contributed by atoms with Crippen molar-refractivity contribution in [1.29, 1.82) is 0 Å². The van der Waals surface area contributed by atoms with Gasteiger partial charge in [0.1, 0.15) is 12.2 Å². The molecule has 1 aliphatic carbocycles. The number of nitrogens with zero attached hydrogens (tertiary/aromatic N) is 4. The number of aromatic nitrogens is 3. The Balaban J connectivity index is 1.47. The van der Waals surface area contributed by atoms with Crippen LogP contribution in [0, 0.1) is 0 Å². The van der Waals surface area contributed by atoms with Crippen molar-refractivity contribution in [3.63, 3.8) is 0 Å². The first-order valence-corrected chi connectivity index (χ1v) is 11.0. The van der Waals surface area contributed by atoms with Crippen LogP contribution in [-0.4, -0.2) is 40.1 Å². The molecule has 0 radical (unpaired) electrons. The van der Waals surface area contributed by atoms with Crippen molar-refractivity contribution in [2.24, 2.45) is 0 Å². The second-order valence-electron chi connectivity index (χ2n) is 7.33. The zero-order valence-electron chi connectivity index (χ0n) is 15.2. The lowest BCUT2D eigenvalue weighted by atomic mass is 10.1. The van der Waals surface area contributed by atoms with Gasteiger partial charge >= 0.3 is 0 Å². The van der Waals surface area contributed by atoms with Crippen molar-refractivity contribution in [3.8, 4) is 0 Å². The molecule has 0 spiro atoms. The molecule has 26 heavy (non-hydrogen) atoms. The zero-order valence-corrected chi connectivity index (χ0v) is 16.0. The summed E-state index contributed by atoms with van der Waals surface area (Å²) >= 11 is 0. The molecule has 1 saturated heterocycles. The van der Waals surface area contributed by atoms with E-state index in [1.54, 1.807) is 16.4 Å². The van der Waals surface area contributed by atoms with Crippen molar-refractivity contribution in [1.82, 2.24) is 19.1 Å². The molecule has 0 amide bonds. The van der Waals surface area contributed by atoms with Crippen LogP contribution in [0.1, 0.15) is 56.5 Å². The lowest BCUT2D eigenvalue weighted by Gasteiger charge is -2.24. The van der Waals surface area contributed by atoms with Crippen molar-refractivity contribution in [2.75, 3.05) is 6.54 Å². The molecule has 1 aromatic heterocycles. The fourth-order valence-electron chi connectivity index (χ4n) is 3.85. The Hall–Kier alpha value is -1.73. The lowest BCUT2D eigenvalue weighted by Crippen LogP contribution is -2.36. The molecule has 1 atom stereocenters. The van der Waals surface area contributed by atoms with Crippen LogP contribution in [0.25, 0.3) is 0 Å². The summed E-state index contributed by atoms with van der Waals surface area (Å²) < 4.78 is 30.0. The molecule has 1 aliphatic heterocycles. The van der Waals surface area contributed by atoms with Crippen LogP contribution in [0.3, 0.4) is 0 Å². The van der Waals surface area contributed by atoms with E-state index in [9.17, 15) is 8.42 Å². The van der Waals surface area contributed by atoms with Gasteiger partial charge in [0.2, 0.25) is 10.0 Å². The van der Waals surface area contributed by atoms with Crippen LogP contribution < -0.4 is 0 Å². The van der Waals surface area contributed by atoms with Crippen LogP contribution >= 0.6 is 0 Å². The predicted molar refractivity (Wildman–Crippen MR) is 99.3 cm³/mol. The molecular weight excluding hydrogens is 348 g/mol. The van der Waals surface area contributed by atoms with Crippen molar-refractivity contribution >= 4 is 10.0 Å². The van der Waals surface area contributed by atoms with E-state index in [4.69, 9.17) is 0 Å². The maximum atomic E-state index is 13.1. The first-order chi connectivity index (χ1) is 12.6. The Bertz CT molecular complexity index is 856. The third-order valence-corrected chi connectivity index (χ3v) is 7.52. The second-order valence-corrected chi connectivity index (χ2v) is 9.22. The van der Waals surface area contributed by atoms with Crippen LogP contribution in [0.5, 0.6) is 0 Å². The van der Waals surface area contributed by atoms with E-state index in [0.29, 0.717) is 17.5 Å². The van der Waals surface area contributed by atoms with Crippen LogP contribution in [0.2, 0.25) is 0 Å². The molecule has 2 aliphatic rings. The summed E-state index contributed by atoms with van der Waals surface area (Å²) in [4.78, 5) is 0.405. The van der Waals surface area contributed by atoms with Gasteiger partial charge in [-0.15, -0.1) is 10.2 Å². The topological polar surface area (TPSA) is 68.1 Å². The van der Waals surface area contributed by atoms with Gasteiger partial charge in [-0.1, -0.05) is 19.1 Å². The Labute approximate surface area is 155 Å². The number of hydrogen-bond donors (Lipinski definition) is 0. The van der Waals surface area contributed by atoms with Crippen molar-refractivity contribution < 1.29 is 8.42 Å². The van der Waals surface area contributed by atoms with Gasteiger partial charge in [0, 0.05) is 25.0 Å². The smallest absolute Gasteiger partial charge is 0.243 e. The summed E-state index contributed by atoms with van der Waals surface area (Å²) in [7, 11) is -3.43. The molecule has 2 heterocycles. The van der Waals surface area contributed by atoms with Gasteiger partial charge in [-0.2, -0.15) is 4.31 Å². The number of benzene rings is 1. The third-order valence-electron chi connectivity index (χ3n) is 5.55. The molecule has 140 valence electrons. The minimum absolute atomic E-state index is 0.0511. The minimum atomic E-state index is -3.43. The molecule has 2 fully saturated rings. The monoisotopic (exact) mass is 374 g/mol. The van der Waals surface area contributed by atoms with E-state index in [2.05, 4.69) is 21.7 Å². The summed E-state index contributed by atoms with van der Waals surface area (Å²) in [6.45, 7) is 2.68. The number of aryl methyl sites for hydroxylation is 2. The number of hydrogen-bond acceptors (Lipinski definition) is 4. The maximum Gasteiger partial charge on any atom is 0.243 e. The van der Waals surface area contributed by atoms with Crippen LogP contribution in [-0.2, 0) is 22.9 Å². The molecule has 4 rings (SSSR count). The Morgan fingerprint density at radius 2 is 1.92 bits per heavy atom. The fourth-order valence-corrected chi connectivity index (χ4v) is 5.57. The van der Waals surface area contributed by atoms with Gasteiger partial charge in [0.25, 0.3) is 0 Å². The van der Waals surface area contributed by atoms with Crippen LogP contribution in [0.15, 0.2) is 35.5 Å². The molecule has 0 bridgehead atoms. The Morgan fingerprint density at radius 3 is 2.62 bits per heavy atom. The summed E-state index contributed by atoms with van der Waals surface area (Å²) in [6.07, 6.45) is 8.54. The highest BCUT2D eigenvalue weighted by atomic mass is 32.2. The van der Waals surface area contributed by atoms with E-state index in [0.717, 1.165) is 43.5 Å². The van der Waals surface area contributed by atoms with E-state index >= 15 is 0 Å². The minimum Gasteiger partial charge on any atom is -0.314 e. The molecule has 2 aromatic rings. The highest BCUT2D eigenvalue weighted by Crippen LogP contribution is 2.36. The average molecular weight is 375 g/mol. The number of sulfonamides is 1. The highest BCUT2D eigenvalue weighted by Gasteiger charge is 2.35. The van der Waals surface area contributed by atoms with E-state index in [1.807, 2.05) is 18.5 Å².